The second kappa shape index (κ2) is 3.58. The highest BCUT2D eigenvalue weighted by Crippen LogP contribution is 2.16. The average Bonchev–Trinajstić information content (AvgIpc) is 1.87. The molecule has 3 nitrogen and oxygen atoms in total. The number of esters is 1. The van der Waals surface area contributed by atoms with Crippen LogP contribution in [0.15, 0.2) is 12.7 Å². The fourth-order valence-corrected chi connectivity index (χ4v) is 0.344. The van der Waals surface area contributed by atoms with E-state index in [-0.39, 0.29) is 6.42 Å². The lowest BCUT2D eigenvalue weighted by atomic mass is 10.5. The summed E-state index contributed by atoms with van der Waals surface area (Å²) in [5.41, 5.74) is 0. The number of carbonyl (C=O) groups excluding carboxylic acids is 1. The number of hydrogen-bond donors (Lipinski definition) is 1. The van der Waals surface area contributed by atoms with Gasteiger partial charge in [-0.2, -0.15) is 0 Å². The Morgan fingerprint density at radius 2 is 2.50 bits per heavy atom. The predicted molar refractivity (Wildman–Crippen MR) is 37.4 cm³/mol. The van der Waals surface area contributed by atoms with Crippen molar-refractivity contribution in [3.8, 4) is 0 Å². The van der Waals surface area contributed by atoms with Crippen molar-refractivity contribution in [3.63, 3.8) is 0 Å². The van der Waals surface area contributed by atoms with Crippen LogP contribution in [0.4, 0.5) is 0 Å². The maximum atomic E-state index is 10.4. The molecule has 1 N–H and O–H groups in total. The van der Waals surface area contributed by atoms with E-state index in [2.05, 4.69) is 11.3 Å². The molecule has 58 valence electrons. The van der Waals surface area contributed by atoms with Crippen molar-refractivity contribution < 1.29 is 14.6 Å². The van der Waals surface area contributed by atoms with Gasteiger partial charge in [-0.1, -0.05) is 13.5 Å². The Bertz CT molecular complexity index is 142. The molecule has 0 aromatic heterocycles. The van der Waals surface area contributed by atoms with E-state index in [0.717, 1.165) is 6.08 Å². The molecule has 1 atom stereocenters. The van der Waals surface area contributed by atoms with Crippen LogP contribution in [0.5, 0.6) is 0 Å². The molecule has 0 bridgehead atoms. The Kier molecular flexibility index (Phi) is 3.39. The van der Waals surface area contributed by atoms with Gasteiger partial charge in [0.25, 0.3) is 5.25 Å². The molecule has 0 aliphatic heterocycles. The van der Waals surface area contributed by atoms with Gasteiger partial charge in [0, 0.05) is 12.5 Å². The standard InChI is InChI=1S/C6H9ClO3/c1-3-5(8)10-6(7,9)4-2/h3,9H,1,4H2,2H3. The van der Waals surface area contributed by atoms with Gasteiger partial charge in [0.1, 0.15) is 0 Å². The zero-order chi connectivity index (χ0) is 8.20. The molecular weight excluding hydrogens is 156 g/mol. The highest BCUT2D eigenvalue weighted by atomic mass is 35.5. The van der Waals surface area contributed by atoms with Gasteiger partial charge >= 0.3 is 5.97 Å². The van der Waals surface area contributed by atoms with Crippen molar-refractivity contribution in [2.45, 2.75) is 18.6 Å². The highest BCUT2D eigenvalue weighted by Gasteiger charge is 2.24. The van der Waals surface area contributed by atoms with Crippen LogP contribution in [-0.4, -0.2) is 16.3 Å². The molecule has 0 radical (unpaired) electrons. The van der Waals surface area contributed by atoms with E-state index in [1.165, 1.54) is 0 Å². The minimum atomic E-state index is -1.88. The minimum absolute atomic E-state index is 0.133. The number of hydrogen-bond acceptors (Lipinski definition) is 3. The molecule has 0 heterocycles. The molecule has 1 unspecified atom stereocenters. The monoisotopic (exact) mass is 164 g/mol. The Hall–Kier alpha value is -0.540. The molecule has 0 amide bonds. The van der Waals surface area contributed by atoms with Gasteiger partial charge in [0.15, 0.2) is 0 Å². The van der Waals surface area contributed by atoms with Gasteiger partial charge in [-0.25, -0.2) is 4.79 Å². The van der Waals surface area contributed by atoms with E-state index >= 15 is 0 Å². The van der Waals surface area contributed by atoms with Crippen molar-refractivity contribution in [1.29, 1.82) is 0 Å². The van der Waals surface area contributed by atoms with Crippen LogP contribution in [0.2, 0.25) is 0 Å². The smallest absolute Gasteiger partial charge is 0.333 e. The van der Waals surface area contributed by atoms with Crippen LogP contribution in [0.1, 0.15) is 13.3 Å². The first-order valence-corrected chi connectivity index (χ1v) is 3.16. The number of carbonyl (C=O) groups is 1. The average molecular weight is 165 g/mol. The van der Waals surface area contributed by atoms with E-state index in [1.54, 1.807) is 6.92 Å². The summed E-state index contributed by atoms with van der Waals surface area (Å²) in [5.74, 6) is -0.737. The zero-order valence-electron chi connectivity index (χ0n) is 5.63. The fraction of sp³-hybridized carbons (Fsp3) is 0.500. The lowest BCUT2D eigenvalue weighted by molar-refractivity contribution is -0.173. The van der Waals surface area contributed by atoms with Gasteiger partial charge in [-0.3, -0.25) is 0 Å². The topological polar surface area (TPSA) is 46.5 Å². The molecular formula is C6H9ClO3. The molecule has 0 saturated heterocycles. The second-order valence-electron chi connectivity index (χ2n) is 1.67. The number of aliphatic hydroxyl groups is 1. The van der Waals surface area contributed by atoms with Crippen LogP contribution < -0.4 is 0 Å². The lowest BCUT2D eigenvalue weighted by Crippen LogP contribution is -2.26. The molecule has 0 aromatic rings. The number of ether oxygens (including phenoxy) is 1. The van der Waals surface area contributed by atoms with Crippen LogP contribution >= 0.6 is 11.6 Å². The molecule has 0 aliphatic rings. The quantitative estimate of drug-likeness (QED) is 0.293. The van der Waals surface area contributed by atoms with Crippen molar-refractivity contribution >= 4 is 17.6 Å². The van der Waals surface area contributed by atoms with Crippen LogP contribution in [0.3, 0.4) is 0 Å². The molecule has 0 aromatic carbocycles. The summed E-state index contributed by atoms with van der Waals surface area (Å²) in [4.78, 5) is 10.4. The summed E-state index contributed by atoms with van der Waals surface area (Å²) in [6.45, 7) is 4.72. The lowest BCUT2D eigenvalue weighted by Gasteiger charge is -2.16. The second-order valence-corrected chi connectivity index (χ2v) is 2.26. The summed E-state index contributed by atoms with van der Waals surface area (Å²) in [6.07, 6.45) is 1.07. The first-order chi connectivity index (χ1) is 4.52. The largest absolute Gasteiger partial charge is 0.415 e. The molecule has 0 fully saturated rings. The van der Waals surface area contributed by atoms with Crippen molar-refractivity contribution in [1.82, 2.24) is 0 Å². The van der Waals surface area contributed by atoms with Gasteiger partial charge in [-0.05, 0) is 11.6 Å². The normalized spacial score (nSPS) is 15.5. The van der Waals surface area contributed by atoms with E-state index in [1.807, 2.05) is 0 Å². The summed E-state index contributed by atoms with van der Waals surface area (Å²) >= 11 is 5.26. The van der Waals surface area contributed by atoms with Crippen LogP contribution in [-0.2, 0) is 9.53 Å². The Morgan fingerprint density at radius 1 is 2.00 bits per heavy atom. The first kappa shape index (κ1) is 9.46. The molecule has 4 heteroatoms. The Balaban J connectivity index is 3.87. The van der Waals surface area contributed by atoms with Crippen LogP contribution in [0.25, 0.3) is 0 Å². The van der Waals surface area contributed by atoms with E-state index in [9.17, 15) is 4.79 Å². The third-order valence-corrected chi connectivity index (χ3v) is 1.20. The van der Waals surface area contributed by atoms with Crippen molar-refractivity contribution in [3.05, 3.63) is 12.7 Å². The maximum absolute atomic E-state index is 10.4. The molecule has 10 heavy (non-hydrogen) atoms. The van der Waals surface area contributed by atoms with Crippen molar-refractivity contribution in [2.75, 3.05) is 0 Å². The van der Waals surface area contributed by atoms with Gasteiger partial charge in [0.2, 0.25) is 0 Å². The third-order valence-electron chi connectivity index (χ3n) is 0.860. The van der Waals surface area contributed by atoms with E-state index in [0.29, 0.717) is 0 Å². The fourth-order valence-electron chi connectivity index (χ4n) is 0.268. The zero-order valence-corrected chi connectivity index (χ0v) is 6.39. The van der Waals surface area contributed by atoms with Gasteiger partial charge in [0.05, 0.1) is 0 Å². The SMILES string of the molecule is C=CC(=O)OC(O)(Cl)CC. The molecule has 0 aliphatic carbocycles. The van der Waals surface area contributed by atoms with E-state index in [4.69, 9.17) is 16.7 Å². The third kappa shape index (κ3) is 3.48. The van der Waals surface area contributed by atoms with Crippen LogP contribution in [0, 0.1) is 0 Å². The first-order valence-electron chi connectivity index (χ1n) is 2.78. The number of rotatable bonds is 3. The Labute approximate surface area is 64.2 Å². The maximum Gasteiger partial charge on any atom is 0.333 e. The molecule has 0 spiro atoms. The summed E-state index contributed by atoms with van der Waals surface area (Å²) in [5, 5.41) is 7.02. The molecule has 0 saturated carbocycles. The van der Waals surface area contributed by atoms with Gasteiger partial charge < -0.3 is 9.84 Å². The Morgan fingerprint density at radius 3 is 2.80 bits per heavy atom. The molecule has 0 rings (SSSR count). The van der Waals surface area contributed by atoms with Gasteiger partial charge in [-0.15, -0.1) is 0 Å². The highest BCUT2D eigenvalue weighted by molar-refractivity contribution is 6.22. The number of halogens is 1. The minimum Gasteiger partial charge on any atom is -0.415 e. The van der Waals surface area contributed by atoms with E-state index < -0.39 is 11.2 Å². The summed E-state index contributed by atoms with van der Waals surface area (Å²) in [6, 6.07) is 0. The summed E-state index contributed by atoms with van der Waals surface area (Å²) in [7, 11) is 0. The summed E-state index contributed by atoms with van der Waals surface area (Å²) < 4.78 is 4.30. The predicted octanol–water partition coefficient (Wildman–Crippen LogP) is 1.01. The number of alkyl halides is 1. The van der Waals surface area contributed by atoms with Crippen molar-refractivity contribution in [2.24, 2.45) is 0 Å².